The van der Waals surface area contributed by atoms with E-state index in [0.29, 0.717) is 28.2 Å². The van der Waals surface area contributed by atoms with E-state index in [9.17, 15) is 23.5 Å². The molecule has 6 rings (SSSR count). The van der Waals surface area contributed by atoms with Crippen molar-refractivity contribution in [2.24, 2.45) is 5.73 Å². The van der Waals surface area contributed by atoms with Gasteiger partial charge in [-0.15, -0.1) is 11.8 Å². The van der Waals surface area contributed by atoms with Crippen LogP contribution in [-0.2, 0) is 28.3 Å². The fourth-order valence-corrected chi connectivity index (χ4v) is 6.38. The number of carbonyl (C=O) groups excluding carboxylic acids is 1. The molecule has 2 aromatic heterocycles. The number of alkyl halides is 1. The monoisotopic (exact) mass is 471 g/mol. The van der Waals surface area contributed by atoms with E-state index in [2.05, 4.69) is 0 Å². The Hall–Kier alpha value is -2.82. The zero-order chi connectivity index (χ0) is 23.2. The summed E-state index contributed by atoms with van der Waals surface area (Å²) >= 11 is 1.49. The van der Waals surface area contributed by atoms with E-state index in [1.807, 2.05) is 0 Å². The molecule has 0 bridgehead atoms. The van der Waals surface area contributed by atoms with Crippen LogP contribution in [0.3, 0.4) is 0 Å². The van der Waals surface area contributed by atoms with Gasteiger partial charge < -0.3 is 20.1 Å². The smallest absolute Gasteiger partial charge is 0.343 e. The molecule has 1 aromatic carbocycles. The number of rotatable bonds is 2. The van der Waals surface area contributed by atoms with E-state index >= 15 is 0 Å². The van der Waals surface area contributed by atoms with E-state index in [1.54, 1.807) is 6.92 Å². The van der Waals surface area contributed by atoms with Gasteiger partial charge in [0.1, 0.15) is 12.4 Å². The minimum atomic E-state index is -2.26. The van der Waals surface area contributed by atoms with E-state index in [1.165, 1.54) is 28.5 Å². The largest absolute Gasteiger partial charge is 0.458 e. The Bertz CT molecular complexity index is 1470. The van der Waals surface area contributed by atoms with E-state index in [4.69, 9.17) is 15.5 Å². The number of pyridine rings is 2. The van der Waals surface area contributed by atoms with Crippen molar-refractivity contribution in [3.8, 4) is 11.4 Å². The summed E-state index contributed by atoms with van der Waals surface area (Å²) in [7, 11) is 0. The maximum atomic E-state index is 14.7. The number of fused-ring (bicyclic) bond motifs is 5. The molecule has 0 saturated carbocycles. The molecule has 0 radical (unpaired) electrons. The Morgan fingerprint density at radius 2 is 2.15 bits per heavy atom. The molecule has 0 spiro atoms. The zero-order valence-electron chi connectivity index (χ0n) is 17.6. The van der Waals surface area contributed by atoms with Gasteiger partial charge in [0.15, 0.2) is 5.60 Å². The highest BCUT2D eigenvalue weighted by molar-refractivity contribution is 7.99. The van der Waals surface area contributed by atoms with E-state index in [-0.39, 0.29) is 36.1 Å². The number of hydrogen-bond donors (Lipinski definition) is 2. The van der Waals surface area contributed by atoms with Crippen LogP contribution in [0.15, 0.2) is 21.8 Å². The van der Waals surface area contributed by atoms with Crippen molar-refractivity contribution in [2.75, 3.05) is 12.4 Å². The number of nitrogens with two attached hydrogens (primary N) is 1. The lowest BCUT2D eigenvalue weighted by atomic mass is 9.85. The number of ether oxygens (including phenoxy) is 1. The molecule has 0 amide bonds. The molecule has 0 aliphatic carbocycles. The van der Waals surface area contributed by atoms with Crippen LogP contribution in [0, 0.1) is 12.7 Å². The van der Waals surface area contributed by atoms with Gasteiger partial charge in [0, 0.05) is 45.7 Å². The molecule has 5 heterocycles. The number of benzene rings is 1. The number of halogens is 2. The summed E-state index contributed by atoms with van der Waals surface area (Å²) in [6, 6.07) is 2.55. The molecule has 33 heavy (non-hydrogen) atoms. The summed E-state index contributed by atoms with van der Waals surface area (Å²) in [5, 5.41) is 11.8. The van der Waals surface area contributed by atoms with Gasteiger partial charge in [-0.25, -0.2) is 14.2 Å². The van der Waals surface area contributed by atoms with Crippen molar-refractivity contribution in [3.05, 3.63) is 56.1 Å². The Kier molecular flexibility index (Phi) is 4.31. The number of nitrogens with zero attached hydrogens (tertiary/aromatic N) is 2. The highest BCUT2D eigenvalue weighted by Crippen LogP contribution is 2.47. The summed E-state index contributed by atoms with van der Waals surface area (Å²) < 4.78 is 34.4. The molecule has 1 unspecified atom stereocenters. The lowest BCUT2D eigenvalue weighted by Crippen LogP contribution is -2.45. The summed E-state index contributed by atoms with van der Waals surface area (Å²) in [5.41, 5.74) is 7.34. The normalized spacial score (nSPS) is 22.7. The molecule has 3 aliphatic rings. The van der Waals surface area contributed by atoms with Crippen molar-refractivity contribution in [1.82, 2.24) is 9.55 Å². The highest BCUT2D eigenvalue weighted by atomic mass is 32.2. The standard InChI is InChI=1S/C23H19F2N3O4S/c1-9-13(25)5-15-18-17(14(26)8-33-20(9)18)10-6-28-16(19(10)27-15)4-12-11(21(28)29)7-32-22(30)23(12,31)2-3-24/h4-5,14,31H,2-3,6-8,26H2,1H3/t14?,23-/m0/s1. The number of cyclic esters (lactones) is 1. The Morgan fingerprint density at radius 1 is 1.36 bits per heavy atom. The Labute approximate surface area is 190 Å². The van der Waals surface area contributed by atoms with Gasteiger partial charge in [-0.3, -0.25) is 9.18 Å². The van der Waals surface area contributed by atoms with Crippen LogP contribution in [0.2, 0.25) is 0 Å². The summed E-state index contributed by atoms with van der Waals surface area (Å²) in [4.78, 5) is 31.2. The van der Waals surface area contributed by atoms with Gasteiger partial charge in [0.25, 0.3) is 5.56 Å². The average molecular weight is 471 g/mol. The molecule has 0 fully saturated rings. The van der Waals surface area contributed by atoms with Gasteiger partial charge >= 0.3 is 5.97 Å². The highest BCUT2D eigenvalue weighted by Gasteiger charge is 2.46. The number of thioether (sulfide) groups is 1. The fraction of sp³-hybridized carbons (Fsp3) is 0.348. The Balaban J connectivity index is 1.68. The van der Waals surface area contributed by atoms with E-state index in [0.717, 1.165) is 21.4 Å². The van der Waals surface area contributed by atoms with Crippen LogP contribution in [0.5, 0.6) is 0 Å². The molecule has 3 aromatic rings. The quantitative estimate of drug-likeness (QED) is 0.433. The first kappa shape index (κ1) is 20.8. The number of hydrogen-bond acceptors (Lipinski definition) is 7. The molecule has 2 atom stereocenters. The van der Waals surface area contributed by atoms with Crippen molar-refractivity contribution in [1.29, 1.82) is 0 Å². The predicted molar refractivity (Wildman–Crippen MR) is 117 cm³/mol. The number of aromatic nitrogens is 2. The first-order valence-electron chi connectivity index (χ1n) is 10.5. The van der Waals surface area contributed by atoms with Crippen molar-refractivity contribution >= 4 is 28.6 Å². The number of aliphatic hydroxyl groups is 1. The van der Waals surface area contributed by atoms with Crippen LogP contribution < -0.4 is 11.3 Å². The molecule has 10 heteroatoms. The van der Waals surface area contributed by atoms with Crippen molar-refractivity contribution in [3.63, 3.8) is 0 Å². The molecule has 0 saturated heterocycles. The van der Waals surface area contributed by atoms with Gasteiger partial charge in [-0.05, 0) is 24.1 Å². The van der Waals surface area contributed by atoms with Crippen LogP contribution in [0.25, 0.3) is 22.3 Å². The van der Waals surface area contributed by atoms with Crippen molar-refractivity contribution in [2.45, 2.75) is 43.0 Å². The van der Waals surface area contributed by atoms with E-state index < -0.39 is 30.2 Å². The summed E-state index contributed by atoms with van der Waals surface area (Å²) in [6.07, 6.45) is -0.527. The second-order valence-electron chi connectivity index (χ2n) is 8.67. The maximum Gasteiger partial charge on any atom is 0.343 e. The zero-order valence-corrected chi connectivity index (χ0v) is 18.4. The fourth-order valence-electron chi connectivity index (χ4n) is 5.20. The summed E-state index contributed by atoms with van der Waals surface area (Å²) in [6.45, 7) is 0.659. The topological polar surface area (TPSA) is 107 Å². The predicted octanol–water partition coefficient (Wildman–Crippen LogP) is 2.58. The maximum absolute atomic E-state index is 14.7. The summed E-state index contributed by atoms with van der Waals surface area (Å²) in [5.74, 6) is -0.804. The first-order valence-corrected chi connectivity index (χ1v) is 11.5. The van der Waals surface area contributed by atoms with Crippen LogP contribution in [0.1, 0.15) is 40.3 Å². The number of esters is 1. The van der Waals surface area contributed by atoms with Gasteiger partial charge in [0.05, 0.1) is 35.7 Å². The molecule has 3 aliphatic heterocycles. The lowest BCUT2D eigenvalue weighted by Gasteiger charge is -2.32. The van der Waals surface area contributed by atoms with Crippen LogP contribution in [0.4, 0.5) is 8.78 Å². The van der Waals surface area contributed by atoms with Crippen molar-refractivity contribution < 1.29 is 23.4 Å². The van der Waals surface area contributed by atoms with Crippen LogP contribution in [-0.4, -0.2) is 33.1 Å². The minimum absolute atomic E-state index is 0.0340. The second kappa shape index (κ2) is 6.85. The van der Waals surface area contributed by atoms with Crippen LogP contribution >= 0.6 is 11.8 Å². The second-order valence-corrected chi connectivity index (χ2v) is 9.70. The molecule has 7 nitrogen and oxygen atoms in total. The Morgan fingerprint density at radius 3 is 2.91 bits per heavy atom. The molecule has 170 valence electrons. The first-order chi connectivity index (χ1) is 15.8. The third kappa shape index (κ3) is 2.59. The third-order valence-electron chi connectivity index (χ3n) is 6.88. The molecule has 3 N–H and O–H groups in total. The minimum Gasteiger partial charge on any atom is -0.458 e. The average Bonchev–Trinajstić information content (AvgIpc) is 3.15. The van der Waals surface area contributed by atoms with Gasteiger partial charge in [-0.1, -0.05) is 0 Å². The van der Waals surface area contributed by atoms with Gasteiger partial charge in [-0.2, -0.15) is 0 Å². The van der Waals surface area contributed by atoms with Gasteiger partial charge in [0.2, 0.25) is 0 Å². The number of carbonyl (C=O) groups is 1. The molecular formula is C23H19F2N3O4S. The SMILES string of the molecule is Cc1c(F)cc2nc3c(c4c2c1SCC4N)Cn1c-3cc2c(c1=O)COC(=O)[C@]2(O)CCF. The lowest BCUT2D eigenvalue weighted by molar-refractivity contribution is -0.173. The third-order valence-corrected chi connectivity index (χ3v) is 8.21. The molecular weight excluding hydrogens is 452 g/mol.